The number of pyridine rings is 2. The maximum absolute atomic E-state index is 14.7. The Morgan fingerprint density at radius 2 is 1.80 bits per heavy atom. The second-order valence-electron chi connectivity index (χ2n) is 7.12. The number of carbonyl (C=O) groups excluding carboxylic acids is 1. The first-order valence-electron chi connectivity index (χ1n) is 9.67. The third-order valence-electron chi connectivity index (χ3n) is 5.42. The lowest BCUT2D eigenvalue weighted by atomic mass is 10.0. The van der Waals surface area contributed by atoms with Crippen molar-refractivity contribution in [1.82, 2.24) is 9.97 Å². The molecule has 1 amide bonds. The quantitative estimate of drug-likeness (QED) is 0.621. The van der Waals surface area contributed by atoms with Crippen molar-refractivity contribution >= 4 is 17.5 Å². The molecule has 6 nitrogen and oxygen atoms in total. The van der Waals surface area contributed by atoms with E-state index in [1.54, 1.807) is 23.1 Å². The van der Waals surface area contributed by atoms with Gasteiger partial charge in [-0.15, -0.1) is 0 Å². The SMILES string of the molecule is COc1cccc(F)c1-c1nccc2c1CN(c1cccc(N3CC=CC3)n1)C2=O. The zero-order valence-corrected chi connectivity index (χ0v) is 16.4. The van der Waals surface area contributed by atoms with Crippen molar-refractivity contribution in [3.8, 4) is 17.0 Å². The van der Waals surface area contributed by atoms with Crippen LogP contribution >= 0.6 is 0 Å². The van der Waals surface area contributed by atoms with Gasteiger partial charge in [0.25, 0.3) is 5.91 Å². The molecule has 0 saturated heterocycles. The molecule has 0 unspecified atom stereocenters. The van der Waals surface area contributed by atoms with Gasteiger partial charge in [0.2, 0.25) is 0 Å². The van der Waals surface area contributed by atoms with Crippen molar-refractivity contribution in [1.29, 1.82) is 0 Å². The molecule has 2 aromatic heterocycles. The molecule has 30 heavy (non-hydrogen) atoms. The molecule has 0 spiro atoms. The minimum Gasteiger partial charge on any atom is -0.496 e. The number of rotatable bonds is 4. The number of amides is 1. The Labute approximate surface area is 173 Å². The van der Waals surface area contributed by atoms with E-state index in [1.165, 1.54) is 19.4 Å². The molecule has 2 aliphatic heterocycles. The molecule has 0 radical (unpaired) electrons. The van der Waals surface area contributed by atoms with Crippen molar-refractivity contribution in [2.24, 2.45) is 0 Å². The standard InChI is InChI=1S/C23H19FN4O2/c1-30-18-7-4-6-17(24)21(18)22-16-14-28(23(29)15(16)10-11-25-22)20-9-5-8-19(26-20)27-12-2-3-13-27/h2-11H,12-14H2,1H3. The smallest absolute Gasteiger partial charge is 0.260 e. The third-order valence-corrected chi connectivity index (χ3v) is 5.42. The summed E-state index contributed by atoms with van der Waals surface area (Å²) in [6.07, 6.45) is 5.71. The van der Waals surface area contributed by atoms with Gasteiger partial charge >= 0.3 is 0 Å². The van der Waals surface area contributed by atoms with Crippen molar-refractivity contribution in [3.63, 3.8) is 0 Å². The normalized spacial score (nSPS) is 15.1. The highest BCUT2D eigenvalue weighted by atomic mass is 19.1. The molecule has 2 aliphatic rings. The Morgan fingerprint density at radius 1 is 1.03 bits per heavy atom. The minimum atomic E-state index is -0.442. The predicted molar refractivity (Wildman–Crippen MR) is 112 cm³/mol. The number of ether oxygens (including phenoxy) is 1. The summed E-state index contributed by atoms with van der Waals surface area (Å²) in [5, 5.41) is 0. The average Bonchev–Trinajstić information content (AvgIpc) is 3.42. The lowest BCUT2D eigenvalue weighted by Gasteiger charge is -2.20. The van der Waals surface area contributed by atoms with Crippen LogP contribution in [0.3, 0.4) is 0 Å². The number of fused-ring (bicyclic) bond motifs is 1. The minimum absolute atomic E-state index is 0.173. The van der Waals surface area contributed by atoms with Crippen LogP contribution in [0.2, 0.25) is 0 Å². The zero-order valence-electron chi connectivity index (χ0n) is 16.4. The van der Waals surface area contributed by atoms with Crippen LogP contribution in [0.5, 0.6) is 5.75 Å². The summed E-state index contributed by atoms with van der Waals surface area (Å²) in [5.74, 6) is 1.14. The topological polar surface area (TPSA) is 58.6 Å². The van der Waals surface area contributed by atoms with Crippen LogP contribution in [0.25, 0.3) is 11.3 Å². The molecular weight excluding hydrogens is 383 g/mol. The number of aromatic nitrogens is 2. The summed E-state index contributed by atoms with van der Waals surface area (Å²) in [4.78, 5) is 26.0. The maximum Gasteiger partial charge on any atom is 0.260 e. The largest absolute Gasteiger partial charge is 0.496 e. The van der Waals surface area contributed by atoms with Gasteiger partial charge in [0.05, 0.1) is 24.9 Å². The van der Waals surface area contributed by atoms with Gasteiger partial charge < -0.3 is 9.64 Å². The van der Waals surface area contributed by atoms with Crippen LogP contribution in [-0.2, 0) is 6.54 Å². The Bertz CT molecular complexity index is 1170. The Morgan fingerprint density at radius 3 is 2.60 bits per heavy atom. The van der Waals surface area contributed by atoms with Crippen LogP contribution in [-0.4, -0.2) is 36.1 Å². The highest BCUT2D eigenvalue weighted by Gasteiger charge is 2.33. The molecule has 4 heterocycles. The second-order valence-corrected chi connectivity index (χ2v) is 7.12. The van der Waals surface area contributed by atoms with Crippen LogP contribution in [0, 0.1) is 5.82 Å². The Balaban J connectivity index is 1.55. The number of nitrogens with zero attached hydrogens (tertiary/aromatic N) is 4. The number of carbonyl (C=O) groups is 1. The van der Waals surface area contributed by atoms with Crippen molar-refractivity contribution in [2.75, 3.05) is 30.0 Å². The van der Waals surface area contributed by atoms with E-state index in [0.29, 0.717) is 28.4 Å². The van der Waals surface area contributed by atoms with E-state index in [4.69, 9.17) is 9.72 Å². The van der Waals surface area contributed by atoms with Gasteiger partial charge in [0, 0.05) is 30.4 Å². The van der Waals surface area contributed by atoms with Crippen LogP contribution in [0.4, 0.5) is 16.0 Å². The number of hydrogen-bond acceptors (Lipinski definition) is 5. The Hall–Kier alpha value is -3.74. The van der Waals surface area contributed by atoms with Crippen molar-refractivity contribution < 1.29 is 13.9 Å². The van der Waals surface area contributed by atoms with E-state index < -0.39 is 5.82 Å². The fourth-order valence-electron chi connectivity index (χ4n) is 3.94. The Kier molecular flexibility index (Phi) is 4.43. The lowest BCUT2D eigenvalue weighted by Crippen LogP contribution is -2.26. The van der Waals surface area contributed by atoms with E-state index in [9.17, 15) is 9.18 Å². The number of benzene rings is 1. The van der Waals surface area contributed by atoms with Gasteiger partial charge in [0.15, 0.2) is 0 Å². The van der Waals surface area contributed by atoms with Gasteiger partial charge in [-0.2, -0.15) is 0 Å². The first-order valence-corrected chi connectivity index (χ1v) is 9.67. The molecule has 3 aromatic rings. The molecule has 5 rings (SSSR count). The van der Waals surface area contributed by atoms with E-state index in [-0.39, 0.29) is 18.0 Å². The van der Waals surface area contributed by atoms with Crippen LogP contribution in [0.15, 0.2) is 60.8 Å². The van der Waals surface area contributed by atoms with E-state index in [2.05, 4.69) is 22.0 Å². The van der Waals surface area contributed by atoms with E-state index in [1.807, 2.05) is 18.2 Å². The van der Waals surface area contributed by atoms with Crippen LogP contribution in [0.1, 0.15) is 15.9 Å². The molecule has 7 heteroatoms. The summed E-state index contributed by atoms with van der Waals surface area (Å²) >= 11 is 0. The summed E-state index contributed by atoms with van der Waals surface area (Å²) in [5.41, 5.74) is 1.84. The second kappa shape index (κ2) is 7.26. The van der Waals surface area contributed by atoms with Crippen LogP contribution < -0.4 is 14.5 Å². The highest BCUT2D eigenvalue weighted by molar-refractivity contribution is 6.10. The first-order chi connectivity index (χ1) is 14.7. The van der Waals surface area contributed by atoms with Gasteiger partial charge in [-0.1, -0.05) is 24.3 Å². The van der Waals surface area contributed by atoms with Gasteiger partial charge in [-0.25, -0.2) is 9.37 Å². The molecule has 0 N–H and O–H groups in total. The summed E-state index contributed by atoms with van der Waals surface area (Å²) in [6.45, 7) is 1.86. The van der Waals surface area contributed by atoms with E-state index in [0.717, 1.165) is 18.9 Å². The fourth-order valence-corrected chi connectivity index (χ4v) is 3.94. The molecule has 0 atom stereocenters. The predicted octanol–water partition coefficient (Wildman–Crippen LogP) is 3.83. The summed E-state index contributed by atoms with van der Waals surface area (Å²) in [7, 11) is 1.49. The van der Waals surface area contributed by atoms with E-state index >= 15 is 0 Å². The van der Waals surface area contributed by atoms with Crippen molar-refractivity contribution in [3.05, 3.63) is 77.8 Å². The summed E-state index contributed by atoms with van der Waals surface area (Å²) in [6, 6.07) is 11.9. The zero-order chi connectivity index (χ0) is 20.7. The average molecular weight is 402 g/mol. The molecule has 0 bridgehead atoms. The van der Waals surface area contributed by atoms with Gasteiger partial charge in [0.1, 0.15) is 23.2 Å². The monoisotopic (exact) mass is 402 g/mol. The molecule has 150 valence electrons. The van der Waals surface area contributed by atoms with Gasteiger partial charge in [-0.3, -0.25) is 14.7 Å². The highest BCUT2D eigenvalue weighted by Crippen LogP contribution is 2.38. The molecule has 1 aromatic carbocycles. The number of methoxy groups -OCH3 is 1. The lowest BCUT2D eigenvalue weighted by molar-refractivity contribution is 0.0996. The third kappa shape index (κ3) is 2.90. The molecule has 0 fully saturated rings. The fraction of sp³-hybridized carbons (Fsp3) is 0.174. The molecule has 0 aliphatic carbocycles. The maximum atomic E-state index is 14.7. The molecule has 0 saturated carbocycles. The number of halogens is 1. The summed E-state index contributed by atoms with van der Waals surface area (Å²) < 4.78 is 20.0. The van der Waals surface area contributed by atoms with Gasteiger partial charge in [-0.05, 0) is 30.3 Å². The first kappa shape index (κ1) is 18.3. The van der Waals surface area contributed by atoms with Crippen molar-refractivity contribution in [2.45, 2.75) is 6.54 Å². The molecular formula is C23H19FN4O2. The number of anilines is 2. The number of hydrogen-bond donors (Lipinski definition) is 0.